The van der Waals surface area contributed by atoms with Crippen LogP contribution in [0.5, 0.6) is 0 Å². The van der Waals surface area contributed by atoms with Crippen LogP contribution < -0.4 is 5.32 Å². The van der Waals surface area contributed by atoms with E-state index >= 15 is 0 Å². The van der Waals surface area contributed by atoms with Crippen LogP contribution in [-0.2, 0) is 4.74 Å². The predicted octanol–water partition coefficient (Wildman–Crippen LogP) is 4.17. The molecule has 0 aliphatic heterocycles. The number of anilines is 1. The summed E-state index contributed by atoms with van der Waals surface area (Å²) in [5.41, 5.74) is 0.556. The highest BCUT2D eigenvalue weighted by Crippen LogP contribution is 2.25. The largest absolute Gasteiger partial charge is 0.465 e. The molecule has 0 saturated carbocycles. The lowest BCUT2D eigenvalue weighted by atomic mass is 10.1. The first-order valence-electron chi connectivity index (χ1n) is 6.06. The van der Waals surface area contributed by atoms with E-state index < -0.39 is 17.7 Å². The molecule has 22 heavy (non-hydrogen) atoms. The Labute approximate surface area is 135 Å². The van der Waals surface area contributed by atoms with E-state index in [1.807, 2.05) is 0 Å². The molecule has 0 spiro atoms. The number of nitrogens with one attached hydrogen (secondary N) is 1. The maximum Gasteiger partial charge on any atom is 0.337 e. The summed E-state index contributed by atoms with van der Waals surface area (Å²) in [6, 6.07) is 8.22. The third-order valence-corrected chi connectivity index (χ3v) is 3.40. The number of amides is 1. The summed E-state index contributed by atoms with van der Waals surface area (Å²) < 4.78 is 18.0. The topological polar surface area (TPSA) is 55.4 Å². The molecule has 0 unspecified atom stereocenters. The standard InChI is InChI=1S/C15H10Cl2FNO3/c1-22-15(21)8-3-2-4-9(5-8)19-14(20)10-6-13(18)12(17)7-11(10)16/h2-7H,1H3,(H,19,20). The van der Waals surface area contributed by atoms with Gasteiger partial charge < -0.3 is 10.1 Å². The SMILES string of the molecule is COC(=O)c1cccc(NC(=O)c2cc(F)c(Cl)cc2Cl)c1. The van der Waals surface area contributed by atoms with E-state index in [2.05, 4.69) is 10.1 Å². The first-order valence-corrected chi connectivity index (χ1v) is 6.82. The Morgan fingerprint density at radius 1 is 1.14 bits per heavy atom. The van der Waals surface area contributed by atoms with Crippen LogP contribution in [0, 0.1) is 5.82 Å². The molecule has 0 saturated heterocycles. The van der Waals surface area contributed by atoms with E-state index in [4.69, 9.17) is 23.2 Å². The lowest BCUT2D eigenvalue weighted by molar-refractivity contribution is 0.0600. The van der Waals surface area contributed by atoms with Gasteiger partial charge in [-0.1, -0.05) is 29.3 Å². The van der Waals surface area contributed by atoms with Gasteiger partial charge in [0.2, 0.25) is 0 Å². The summed E-state index contributed by atoms with van der Waals surface area (Å²) in [4.78, 5) is 23.6. The number of halogens is 3. The fourth-order valence-corrected chi connectivity index (χ4v) is 2.21. The van der Waals surface area contributed by atoms with Crippen LogP contribution in [0.3, 0.4) is 0 Å². The second kappa shape index (κ2) is 6.77. The highest BCUT2D eigenvalue weighted by atomic mass is 35.5. The lowest BCUT2D eigenvalue weighted by Gasteiger charge is -2.08. The Morgan fingerprint density at radius 2 is 1.86 bits per heavy atom. The number of ether oxygens (including phenoxy) is 1. The van der Waals surface area contributed by atoms with Gasteiger partial charge in [-0.15, -0.1) is 0 Å². The molecular weight excluding hydrogens is 332 g/mol. The van der Waals surface area contributed by atoms with E-state index in [1.54, 1.807) is 12.1 Å². The fourth-order valence-electron chi connectivity index (χ4n) is 1.74. The quantitative estimate of drug-likeness (QED) is 0.673. The second-order valence-corrected chi connectivity index (χ2v) is 5.09. The monoisotopic (exact) mass is 341 g/mol. The number of esters is 1. The van der Waals surface area contributed by atoms with Crippen molar-refractivity contribution < 1.29 is 18.7 Å². The maximum atomic E-state index is 13.4. The summed E-state index contributed by atoms with van der Waals surface area (Å²) in [6.45, 7) is 0. The molecule has 2 rings (SSSR count). The van der Waals surface area contributed by atoms with Crippen LogP contribution in [0.1, 0.15) is 20.7 Å². The first kappa shape index (κ1) is 16.3. The Balaban J connectivity index is 2.26. The molecule has 114 valence electrons. The van der Waals surface area contributed by atoms with Gasteiger partial charge >= 0.3 is 5.97 Å². The minimum absolute atomic E-state index is 0.0213. The summed E-state index contributed by atoms with van der Waals surface area (Å²) >= 11 is 11.5. The van der Waals surface area contributed by atoms with Gasteiger partial charge in [0.1, 0.15) is 5.82 Å². The number of benzene rings is 2. The number of hydrogen-bond acceptors (Lipinski definition) is 3. The Kier molecular flexibility index (Phi) is 5.00. The van der Waals surface area contributed by atoms with Crippen LogP contribution in [-0.4, -0.2) is 19.0 Å². The highest BCUT2D eigenvalue weighted by molar-refractivity contribution is 6.37. The van der Waals surface area contributed by atoms with Crippen LogP contribution in [0.2, 0.25) is 10.0 Å². The van der Waals surface area contributed by atoms with E-state index in [-0.39, 0.29) is 21.2 Å². The molecule has 0 aliphatic rings. The molecule has 0 bridgehead atoms. The first-order chi connectivity index (χ1) is 10.4. The van der Waals surface area contributed by atoms with E-state index in [9.17, 15) is 14.0 Å². The molecular formula is C15H10Cl2FNO3. The molecule has 0 fully saturated rings. The van der Waals surface area contributed by atoms with Gasteiger partial charge in [-0.25, -0.2) is 9.18 Å². The zero-order chi connectivity index (χ0) is 16.3. The highest BCUT2D eigenvalue weighted by Gasteiger charge is 2.15. The van der Waals surface area contributed by atoms with Gasteiger partial charge in [-0.2, -0.15) is 0 Å². The minimum Gasteiger partial charge on any atom is -0.465 e. The average Bonchev–Trinajstić information content (AvgIpc) is 2.50. The van der Waals surface area contributed by atoms with Crippen LogP contribution in [0.15, 0.2) is 36.4 Å². The molecule has 7 heteroatoms. The van der Waals surface area contributed by atoms with Gasteiger partial charge in [0, 0.05) is 5.69 Å². The van der Waals surface area contributed by atoms with Gasteiger partial charge in [-0.05, 0) is 30.3 Å². The van der Waals surface area contributed by atoms with Crippen molar-refractivity contribution in [2.24, 2.45) is 0 Å². The van der Waals surface area contributed by atoms with E-state index in [0.717, 1.165) is 12.1 Å². The van der Waals surface area contributed by atoms with Crippen LogP contribution >= 0.6 is 23.2 Å². The number of carbonyl (C=O) groups excluding carboxylic acids is 2. The molecule has 0 aliphatic carbocycles. The lowest BCUT2D eigenvalue weighted by Crippen LogP contribution is -2.13. The van der Waals surface area contributed by atoms with Gasteiger partial charge in [0.05, 0.1) is 28.3 Å². The van der Waals surface area contributed by atoms with Crippen molar-refractivity contribution in [2.45, 2.75) is 0 Å². The Bertz CT molecular complexity index is 750. The predicted molar refractivity (Wildman–Crippen MR) is 82.2 cm³/mol. The molecule has 1 N–H and O–H groups in total. The molecule has 0 radical (unpaired) electrons. The summed E-state index contributed by atoms with van der Waals surface area (Å²) in [6.07, 6.45) is 0. The molecule has 0 atom stereocenters. The van der Waals surface area contributed by atoms with Crippen molar-refractivity contribution >= 4 is 40.8 Å². The molecule has 2 aromatic rings. The van der Waals surface area contributed by atoms with Crippen molar-refractivity contribution in [2.75, 3.05) is 12.4 Å². The van der Waals surface area contributed by atoms with Crippen molar-refractivity contribution in [1.82, 2.24) is 0 Å². The summed E-state index contributed by atoms with van der Waals surface area (Å²) in [5.74, 6) is -1.91. The van der Waals surface area contributed by atoms with Crippen molar-refractivity contribution in [3.8, 4) is 0 Å². The normalized spacial score (nSPS) is 10.2. The van der Waals surface area contributed by atoms with E-state index in [1.165, 1.54) is 19.2 Å². The zero-order valence-corrected chi connectivity index (χ0v) is 12.8. The smallest absolute Gasteiger partial charge is 0.337 e. The number of carbonyl (C=O) groups is 2. The van der Waals surface area contributed by atoms with Crippen molar-refractivity contribution in [3.05, 3.63) is 63.4 Å². The van der Waals surface area contributed by atoms with Gasteiger partial charge in [-0.3, -0.25) is 4.79 Å². The van der Waals surface area contributed by atoms with Gasteiger partial charge in [0.15, 0.2) is 0 Å². The number of methoxy groups -OCH3 is 1. The average molecular weight is 342 g/mol. The summed E-state index contributed by atoms with van der Waals surface area (Å²) in [5, 5.41) is 2.37. The van der Waals surface area contributed by atoms with Crippen LogP contribution in [0.25, 0.3) is 0 Å². The fraction of sp³-hybridized carbons (Fsp3) is 0.0667. The van der Waals surface area contributed by atoms with Gasteiger partial charge in [0.25, 0.3) is 5.91 Å². The molecule has 4 nitrogen and oxygen atoms in total. The zero-order valence-electron chi connectivity index (χ0n) is 11.3. The Morgan fingerprint density at radius 3 is 2.55 bits per heavy atom. The Hall–Kier alpha value is -2.11. The number of rotatable bonds is 3. The number of hydrogen-bond donors (Lipinski definition) is 1. The van der Waals surface area contributed by atoms with Crippen LogP contribution in [0.4, 0.5) is 10.1 Å². The van der Waals surface area contributed by atoms with Crippen molar-refractivity contribution in [1.29, 1.82) is 0 Å². The molecule has 0 heterocycles. The minimum atomic E-state index is -0.750. The van der Waals surface area contributed by atoms with E-state index in [0.29, 0.717) is 5.69 Å². The van der Waals surface area contributed by atoms with Crippen molar-refractivity contribution in [3.63, 3.8) is 0 Å². The second-order valence-electron chi connectivity index (χ2n) is 4.27. The maximum absolute atomic E-state index is 13.4. The summed E-state index contributed by atoms with van der Waals surface area (Å²) in [7, 11) is 1.25. The molecule has 2 aromatic carbocycles. The molecule has 1 amide bonds. The molecule has 0 aromatic heterocycles. The third-order valence-electron chi connectivity index (χ3n) is 2.80. The third kappa shape index (κ3) is 3.55.